The molecule has 2 rings (SSSR count). The summed E-state index contributed by atoms with van der Waals surface area (Å²) in [6.45, 7) is 5.65. The van der Waals surface area contributed by atoms with Crippen LogP contribution in [-0.2, 0) is 13.2 Å². The Kier molecular flexibility index (Phi) is 8.72. The van der Waals surface area contributed by atoms with Gasteiger partial charge in [0.2, 0.25) is 0 Å². The van der Waals surface area contributed by atoms with Crippen molar-refractivity contribution in [1.29, 1.82) is 0 Å². The highest BCUT2D eigenvalue weighted by molar-refractivity contribution is 9.10. The molecule has 0 spiro atoms. The van der Waals surface area contributed by atoms with E-state index in [1.807, 2.05) is 50.2 Å². The molecular formula is C20H25BrClNO3. The van der Waals surface area contributed by atoms with Gasteiger partial charge in [-0.05, 0) is 53.0 Å². The lowest BCUT2D eigenvalue weighted by Gasteiger charge is -2.18. The monoisotopic (exact) mass is 441 g/mol. The molecule has 0 aliphatic heterocycles. The zero-order chi connectivity index (χ0) is 18.9. The smallest absolute Gasteiger partial charge is 0.175 e. The summed E-state index contributed by atoms with van der Waals surface area (Å²) in [5.41, 5.74) is 1.97. The van der Waals surface area contributed by atoms with E-state index in [2.05, 4.69) is 21.2 Å². The van der Waals surface area contributed by atoms with Crippen LogP contribution >= 0.6 is 27.5 Å². The zero-order valence-electron chi connectivity index (χ0n) is 15.1. The lowest BCUT2D eigenvalue weighted by Crippen LogP contribution is -2.31. The van der Waals surface area contributed by atoms with E-state index in [1.165, 1.54) is 0 Å². The molecule has 4 nitrogen and oxygen atoms in total. The molecule has 1 atom stereocenters. The van der Waals surface area contributed by atoms with Crippen LogP contribution in [0.4, 0.5) is 0 Å². The Hall–Kier alpha value is -1.27. The quantitative estimate of drug-likeness (QED) is 0.547. The van der Waals surface area contributed by atoms with Crippen molar-refractivity contribution in [2.24, 2.45) is 0 Å². The van der Waals surface area contributed by atoms with E-state index in [4.69, 9.17) is 21.1 Å². The Morgan fingerprint density at radius 3 is 2.62 bits per heavy atom. The molecule has 0 unspecified atom stereocenters. The zero-order valence-corrected chi connectivity index (χ0v) is 17.4. The molecule has 0 aliphatic rings. The van der Waals surface area contributed by atoms with Crippen molar-refractivity contribution in [2.45, 2.75) is 39.5 Å². The molecule has 0 aliphatic carbocycles. The number of hydrogen-bond acceptors (Lipinski definition) is 4. The number of hydrogen-bond donors (Lipinski definition) is 2. The van der Waals surface area contributed by atoms with E-state index >= 15 is 0 Å². The molecule has 0 saturated heterocycles. The molecule has 0 radical (unpaired) electrons. The van der Waals surface area contributed by atoms with E-state index in [1.54, 1.807) is 0 Å². The number of aliphatic hydroxyl groups is 1. The average Bonchev–Trinajstić information content (AvgIpc) is 2.63. The van der Waals surface area contributed by atoms with Crippen molar-refractivity contribution >= 4 is 27.5 Å². The predicted molar refractivity (Wildman–Crippen MR) is 109 cm³/mol. The fraction of sp³-hybridized carbons (Fsp3) is 0.400. The van der Waals surface area contributed by atoms with Gasteiger partial charge in [-0.2, -0.15) is 0 Å². The third-order valence-corrected chi connectivity index (χ3v) is 4.96. The Morgan fingerprint density at radius 2 is 1.96 bits per heavy atom. The highest BCUT2D eigenvalue weighted by atomic mass is 79.9. The summed E-state index contributed by atoms with van der Waals surface area (Å²) < 4.78 is 12.6. The minimum Gasteiger partial charge on any atom is -0.490 e. The second kappa shape index (κ2) is 10.8. The molecule has 26 heavy (non-hydrogen) atoms. The van der Waals surface area contributed by atoms with Crippen molar-refractivity contribution < 1.29 is 14.6 Å². The molecular weight excluding hydrogens is 418 g/mol. The maximum Gasteiger partial charge on any atom is 0.175 e. The van der Waals surface area contributed by atoms with Crippen molar-refractivity contribution in [3.05, 3.63) is 57.0 Å². The van der Waals surface area contributed by atoms with Gasteiger partial charge in [-0.3, -0.25) is 0 Å². The SMILES string of the molecule is CCOc1cc(CN[C@@H](CC)CO)cc(Br)c1OCc1ccccc1Cl. The van der Waals surface area contributed by atoms with Crippen molar-refractivity contribution in [1.82, 2.24) is 5.32 Å². The molecule has 6 heteroatoms. The van der Waals surface area contributed by atoms with E-state index in [-0.39, 0.29) is 12.6 Å². The maximum atomic E-state index is 9.31. The molecule has 2 aromatic carbocycles. The van der Waals surface area contributed by atoms with Crippen LogP contribution in [0, 0.1) is 0 Å². The van der Waals surface area contributed by atoms with Crippen LogP contribution in [0.25, 0.3) is 0 Å². The average molecular weight is 443 g/mol. The lowest BCUT2D eigenvalue weighted by molar-refractivity contribution is 0.238. The van der Waals surface area contributed by atoms with Crippen LogP contribution in [0.5, 0.6) is 11.5 Å². The van der Waals surface area contributed by atoms with Gasteiger partial charge < -0.3 is 19.9 Å². The number of benzene rings is 2. The molecule has 0 bridgehead atoms. The van der Waals surface area contributed by atoms with Gasteiger partial charge in [-0.15, -0.1) is 0 Å². The minimum absolute atomic E-state index is 0.0838. The van der Waals surface area contributed by atoms with Gasteiger partial charge >= 0.3 is 0 Å². The van der Waals surface area contributed by atoms with Crippen molar-refractivity contribution in [2.75, 3.05) is 13.2 Å². The van der Waals surface area contributed by atoms with Gasteiger partial charge in [-0.1, -0.05) is 36.7 Å². The number of ether oxygens (including phenoxy) is 2. The molecule has 0 amide bonds. The summed E-state index contributed by atoms with van der Waals surface area (Å²) in [6, 6.07) is 11.7. The molecule has 0 fully saturated rings. The van der Waals surface area contributed by atoms with Crippen LogP contribution in [-0.4, -0.2) is 24.4 Å². The molecule has 0 saturated carbocycles. The second-order valence-electron chi connectivity index (χ2n) is 5.89. The molecule has 2 N–H and O–H groups in total. The van der Waals surface area contributed by atoms with Crippen LogP contribution < -0.4 is 14.8 Å². The van der Waals surface area contributed by atoms with Gasteiger partial charge in [0.1, 0.15) is 6.61 Å². The summed E-state index contributed by atoms with van der Waals surface area (Å²) in [6.07, 6.45) is 0.870. The predicted octanol–water partition coefficient (Wildman–Crippen LogP) is 4.94. The first-order valence-electron chi connectivity index (χ1n) is 8.74. The Labute approximate surface area is 168 Å². The molecule has 142 valence electrons. The van der Waals surface area contributed by atoms with Crippen molar-refractivity contribution in [3.8, 4) is 11.5 Å². The highest BCUT2D eigenvalue weighted by Crippen LogP contribution is 2.37. The number of nitrogens with one attached hydrogen (secondary N) is 1. The Balaban J connectivity index is 2.16. The summed E-state index contributed by atoms with van der Waals surface area (Å²) in [5, 5.41) is 13.3. The van der Waals surface area contributed by atoms with E-state index in [9.17, 15) is 5.11 Å². The Morgan fingerprint density at radius 1 is 1.19 bits per heavy atom. The number of rotatable bonds is 10. The molecule has 2 aromatic rings. The normalized spacial score (nSPS) is 12.0. The van der Waals surface area contributed by atoms with E-state index in [0.717, 1.165) is 22.0 Å². The first-order valence-corrected chi connectivity index (χ1v) is 9.91. The topological polar surface area (TPSA) is 50.7 Å². The van der Waals surface area contributed by atoms with Gasteiger partial charge in [0.25, 0.3) is 0 Å². The largest absolute Gasteiger partial charge is 0.490 e. The van der Waals surface area contributed by atoms with Crippen LogP contribution in [0.15, 0.2) is 40.9 Å². The summed E-state index contributed by atoms with van der Waals surface area (Å²) in [4.78, 5) is 0. The van der Waals surface area contributed by atoms with Crippen LogP contribution in [0.2, 0.25) is 5.02 Å². The van der Waals surface area contributed by atoms with Gasteiger partial charge in [-0.25, -0.2) is 0 Å². The Bertz CT molecular complexity index is 707. The third-order valence-electron chi connectivity index (χ3n) is 4.01. The first kappa shape index (κ1) is 21.0. The minimum atomic E-state index is 0.0838. The van der Waals surface area contributed by atoms with E-state index in [0.29, 0.717) is 36.3 Å². The molecule has 0 aromatic heterocycles. The van der Waals surface area contributed by atoms with Gasteiger partial charge in [0.05, 0.1) is 17.7 Å². The first-order chi connectivity index (χ1) is 12.6. The summed E-state index contributed by atoms with van der Waals surface area (Å²) in [7, 11) is 0. The van der Waals surface area contributed by atoms with E-state index < -0.39 is 0 Å². The van der Waals surface area contributed by atoms with Gasteiger partial charge in [0, 0.05) is 23.2 Å². The third kappa shape index (κ3) is 5.88. The summed E-state index contributed by atoms with van der Waals surface area (Å²) >= 11 is 9.79. The van der Waals surface area contributed by atoms with Crippen LogP contribution in [0.3, 0.4) is 0 Å². The maximum absolute atomic E-state index is 9.31. The molecule has 0 heterocycles. The fourth-order valence-corrected chi connectivity index (χ4v) is 3.29. The second-order valence-corrected chi connectivity index (χ2v) is 7.15. The number of halogens is 2. The highest BCUT2D eigenvalue weighted by Gasteiger charge is 2.14. The van der Waals surface area contributed by atoms with Gasteiger partial charge in [0.15, 0.2) is 11.5 Å². The van der Waals surface area contributed by atoms with Crippen LogP contribution in [0.1, 0.15) is 31.4 Å². The van der Waals surface area contributed by atoms with Crippen molar-refractivity contribution in [3.63, 3.8) is 0 Å². The lowest BCUT2D eigenvalue weighted by atomic mass is 10.1. The number of aliphatic hydroxyl groups excluding tert-OH is 1. The fourth-order valence-electron chi connectivity index (χ4n) is 2.49. The standard InChI is InChI=1S/C20H25BrClNO3/c1-3-16(12-24)23-11-14-9-17(21)20(19(10-14)25-4-2)26-13-15-7-5-6-8-18(15)22/h5-10,16,23-24H,3-4,11-13H2,1-2H3/t16-/m0/s1. The summed E-state index contributed by atoms with van der Waals surface area (Å²) in [5.74, 6) is 1.34.